The molecule has 3 N–H and O–H groups in total. The van der Waals surface area contributed by atoms with Crippen LogP contribution in [-0.2, 0) is 0 Å². The van der Waals surface area contributed by atoms with Gasteiger partial charge >= 0.3 is 0 Å². The summed E-state index contributed by atoms with van der Waals surface area (Å²) in [4.78, 5) is 8.10. The normalized spacial score (nSPS) is 18.0. The van der Waals surface area contributed by atoms with Crippen LogP contribution in [-0.4, -0.2) is 28.1 Å². The predicted molar refractivity (Wildman–Crippen MR) is 55.5 cm³/mol. The third-order valence-corrected chi connectivity index (χ3v) is 2.28. The van der Waals surface area contributed by atoms with Crippen LogP contribution in [0.15, 0.2) is 12.4 Å². The molecule has 5 heteroatoms. The molecule has 1 aromatic rings. The Labute approximate surface area is 83.3 Å². The number of anilines is 2. The molecule has 76 valence electrons. The van der Waals surface area contributed by atoms with Gasteiger partial charge in [-0.2, -0.15) is 0 Å². The van der Waals surface area contributed by atoms with Crippen molar-refractivity contribution in [3.05, 3.63) is 12.4 Å². The molecule has 1 aliphatic heterocycles. The zero-order chi connectivity index (χ0) is 9.80. The maximum absolute atomic E-state index is 5.53. The number of nitrogens with one attached hydrogen (secondary N) is 1. The fourth-order valence-electron chi connectivity index (χ4n) is 1.60. The zero-order valence-corrected chi connectivity index (χ0v) is 8.11. The van der Waals surface area contributed by atoms with Crippen LogP contribution in [0.5, 0.6) is 0 Å². The number of hydrazine groups is 1. The first kappa shape index (κ1) is 9.21. The Bertz CT molecular complexity index is 295. The quantitative estimate of drug-likeness (QED) is 0.729. The highest BCUT2D eigenvalue weighted by atomic mass is 15.5. The average Bonchev–Trinajstić information content (AvgIpc) is 2.19. The fourth-order valence-corrected chi connectivity index (χ4v) is 1.60. The van der Waals surface area contributed by atoms with Gasteiger partial charge in [-0.05, 0) is 12.8 Å². The van der Waals surface area contributed by atoms with Gasteiger partial charge in [0.25, 0.3) is 0 Å². The van der Waals surface area contributed by atoms with Gasteiger partial charge in [-0.15, -0.1) is 0 Å². The van der Waals surface area contributed by atoms with Crippen LogP contribution in [0.1, 0.15) is 19.3 Å². The lowest BCUT2D eigenvalue weighted by atomic mass is 10.2. The summed E-state index contributed by atoms with van der Waals surface area (Å²) < 4.78 is 0. The summed E-state index contributed by atoms with van der Waals surface area (Å²) in [6.45, 7) is 2.13. The maximum Gasteiger partial charge on any atom is 0.161 e. The third kappa shape index (κ3) is 2.32. The molecule has 0 aromatic carbocycles. The number of aromatic nitrogens is 2. The summed E-state index contributed by atoms with van der Waals surface area (Å²) in [7, 11) is 0. The second-order valence-electron chi connectivity index (χ2n) is 3.49. The first-order valence-corrected chi connectivity index (χ1v) is 4.94. The zero-order valence-electron chi connectivity index (χ0n) is 8.11. The fraction of sp³-hybridized carbons (Fsp3) is 0.556. The molecule has 0 unspecified atom stereocenters. The van der Waals surface area contributed by atoms with Crippen molar-refractivity contribution in [3.63, 3.8) is 0 Å². The van der Waals surface area contributed by atoms with E-state index >= 15 is 0 Å². The van der Waals surface area contributed by atoms with E-state index in [1.54, 1.807) is 12.4 Å². The number of nitrogens with zero attached hydrogens (tertiary/aromatic N) is 3. The number of nitrogen functional groups attached to an aromatic ring is 1. The Kier molecular flexibility index (Phi) is 2.78. The average molecular weight is 193 g/mol. The van der Waals surface area contributed by atoms with Gasteiger partial charge in [0.2, 0.25) is 0 Å². The minimum Gasteiger partial charge on any atom is -0.382 e. The van der Waals surface area contributed by atoms with E-state index < -0.39 is 0 Å². The Balaban J connectivity index is 1.95. The van der Waals surface area contributed by atoms with Crippen molar-refractivity contribution in [1.29, 1.82) is 0 Å². The topological polar surface area (TPSA) is 67.1 Å². The lowest BCUT2D eigenvalue weighted by Gasteiger charge is -2.27. The highest BCUT2D eigenvalue weighted by molar-refractivity contribution is 5.37. The van der Waals surface area contributed by atoms with Gasteiger partial charge in [0.05, 0.1) is 12.4 Å². The second-order valence-corrected chi connectivity index (χ2v) is 3.49. The van der Waals surface area contributed by atoms with Crippen molar-refractivity contribution in [2.75, 3.05) is 24.2 Å². The van der Waals surface area contributed by atoms with Crippen LogP contribution in [0.3, 0.4) is 0 Å². The van der Waals surface area contributed by atoms with E-state index in [0.717, 1.165) is 18.9 Å². The lowest BCUT2D eigenvalue weighted by molar-refractivity contribution is 0.272. The molecule has 1 fully saturated rings. The highest BCUT2D eigenvalue weighted by Crippen LogP contribution is 2.10. The summed E-state index contributed by atoms with van der Waals surface area (Å²) in [5.74, 6) is 1.18. The van der Waals surface area contributed by atoms with E-state index in [1.807, 2.05) is 0 Å². The number of piperidine rings is 1. The third-order valence-electron chi connectivity index (χ3n) is 2.28. The van der Waals surface area contributed by atoms with Crippen LogP contribution in [0.25, 0.3) is 0 Å². The Hall–Kier alpha value is -1.36. The van der Waals surface area contributed by atoms with Gasteiger partial charge in [0.1, 0.15) is 5.82 Å². The molecular formula is C9H15N5. The molecule has 0 radical (unpaired) electrons. The monoisotopic (exact) mass is 193 g/mol. The van der Waals surface area contributed by atoms with E-state index in [9.17, 15) is 0 Å². The van der Waals surface area contributed by atoms with Crippen LogP contribution < -0.4 is 11.2 Å². The van der Waals surface area contributed by atoms with Gasteiger partial charge in [-0.25, -0.2) is 9.99 Å². The Morgan fingerprint density at radius 2 is 2.00 bits per heavy atom. The number of nitrogens with two attached hydrogens (primary N) is 1. The number of hydrogen-bond donors (Lipinski definition) is 2. The van der Waals surface area contributed by atoms with E-state index in [2.05, 4.69) is 20.4 Å². The molecule has 1 aliphatic rings. The van der Waals surface area contributed by atoms with E-state index in [1.165, 1.54) is 19.3 Å². The van der Waals surface area contributed by atoms with E-state index in [4.69, 9.17) is 5.73 Å². The smallest absolute Gasteiger partial charge is 0.161 e. The summed E-state index contributed by atoms with van der Waals surface area (Å²) in [5.41, 5.74) is 8.73. The van der Waals surface area contributed by atoms with Crippen LogP contribution >= 0.6 is 0 Å². The summed E-state index contributed by atoms with van der Waals surface area (Å²) in [5, 5.41) is 2.16. The molecular weight excluding hydrogens is 178 g/mol. The van der Waals surface area contributed by atoms with Crippen molar-refractivity contribution in [2.45, 2.75) is 19.3 Å². The first-order chi connectivity index (χ1) is 6.84. The van der Waals surface area contributed by atoms with Crippen molar-refractivity contribution in [1.82, 2.24) is 15.0 Å². The standard InChI is InChI=1S/C9H15N5/c10-8-6-11-7-9(12-8)13-14-4-2-1-3-5-14/h6-7H,1-5H2,(H3,10,12,13). The molecule has 1 saturated heterocycles. The number of rotatable bonds is 2. The van der Waals surface area contributed by atoms with Crippen LogP contribution in [0.2, 0.25) is 0 Å². The molecule has 14 heavy (non-hydrogen) atoms. The van der Waals surface area contributed by atoms with Gasteiger partial charge < -0.3 is 11.2 Å². The predicted octanol–water partition coefficient (Wildman–Crippen LogP) is 0.872. The second kappa shape index (κ2) is 4.23. The van der Waals surface area contributed by atoms with E-state index in [0.29, 0.717) is 5.82 Å². The number of hydrogen-bond acceptors (Lipinski definition) is 5. The van der Waals surface area contributed by atoms with Gasteiger partial charge in [-0.3, -0.25) is 4.98 Å². The summed E-state index contributed by atoms with van der Waals surface area (Å²) in [6.07, 6.45) is 7.03. The van der Waals surface area contributed by atoms with Gasteiger partial charge in [-0.1, -0.05) is 6.42 Å². The van der Waals surface area contributed by atoms with Crippen LogP contribution in [0, 0.1) is 0 Å². The first-order valence-electron chi connectivity index (χ1n) is 4.94. The highest BCUT2D eigenvalue weighted by Gasteiger charge is 2.09. The molecule has 2 rings (SSSR count). The molecule has 0 atom stereocenters. The Morgan fingerprint density at radius 1 is 1.21 bits per heavy atom. The summed E-state index contributed by atoms with van der Waals surface area (Å²) >= 11 is 0. The van der Waals surface area contributed by atoms with Gasteiger partial charge in [0, 0.05) is 13.1 Å². The molecule has 0 bridgehead atoms. The largest absolute Gasteiger partial charge is 0.382 e. The van der Waals surface area contributed by atoms with Crippen LogP contribution in [0.4, 0.5) is 11.6 Å². The summed E-state index contributed by atoms with van der Waals surface area (Å²) in [6, 6.07) is 0. The molecule has 2 heterocycles. The molecule has 1 aromatic heterocycles. The maximum atomic E-state index is 5.53. The van der Waals surface area contributed by atoms with E-state index in [-0.39, 0.29) is 0 Å². The lowest BCUT2D eigenvalue weighted by Crippen LogP contribution is -2.35. The SMILES string of the molecule is Nc1cncc(NN2CCCCC2)n1. The van der Waals surface area contributed by atoms with Crippen molar-refractivity contribution < 1.29 is 0 Å². The minimum absolute atomic E-state index is 0.451. The molecule has 5 nitrogen and oxygen atoms in total. The molecule has 0 saturated carbocycles. The van der Waals surface area contributed by atoms with Crippen molar-refractivity contribution >= 4 is 11.6 Å². The minimum atomic E-state index is 0.451. The van der Waals surface area contributed by atoms with Gasteiger partial charge in [0.15, 0.2) is 5.82 Å². The molecule has 0 spiro atoms. The van der Waals surface area contributed by atoms with Crippen molar-refractivity contribution in [3.8, 4) is 0 Å². The molecule has 0 aliphatic carbocycles. The van der Waals surface area contributed by atoms with Crippen molar-refractivity contribution in [2.24, 2.45) is 0 Å². The Morgan fingerprint density at radius 3 is 2.71 bits per heavy atom. The molecule has 0 amide bonds.